The van der Waals surface area contributed by atoms with Crippen molar-refractivity contribution in [1.29, 1.82) is 0 Å². The first-order valence-electron chi connectivity index (χ1n) is 11.3. The Bertz CT molecular complexity index is 1140. The summed E-state index contributed by atoms with van der Waals surface area (Å²) in [5.74, 6) is 0.281. The number of nitrogens with zero attached hydrogens (tertiary/aromatic N) is 4. The molecule has 2 fully saturated rings. The summed E-state index contributed by atoms with van der Waals surface area (Å²) in [6.07, 6.45) is 5.97. The van der Waals surface area contributed by atoms with Gasteiger partial charge in [0.25, 0.3) is 0 Å². The van der Waals surface area contributed by atoms with E-state index in [1.807, 2.05) is 31.9 Å². The minimum absolute atomic E-state index is 0.0301. The number of fused-ring (bicyclic) bond motifs is 5. The minimum Gasteiger partial charge on any atom is -0.444 e. The lowest BCUT2D eigenvalue weighted by atomic mass is 9.91. The fourth-order valence-corrected chi connectivity index (χ4v) is 6.62. The molecule has 178 valence electrons. The first-order valence-corrected chi connectivity index (χ1v) is 13.7. The number of benzene rings is 1. The van der Waals surface area contributed by atoms with Gasteiger partial charge in [0.05, 0.1) is 33.0 Å². The molecule has 2 saturated heterocycles. The van der Waals surface area contributed by atoms with E-state index in [9.17, 15) is 4.79 Å². The predicted molar refractivity (Wildman–Crippen MR) is 133 cm³/mol. The van der Waals surface area contributed by atoms with Gasteiger partial charge in [0.1, 0.15) is 16.9 Å². The molecule has 0 unspecified atom stereocenters. The maximum Gasteiger partial charge on any atom is 0.410 e. The molecule has 0 spiro atoms. The van der Waals surface area contributed by atoms with E-state index in [-0.39, 0.29) is 28.7 Å². The van der Waals surface area contributed by atoms with E-state index in [1.165, 1.54) is 11.8 Å². The highest BCUT2D eigenvalue weighted by molar-refractivity contribution is 9.10. The van der Waals surface area contributed by atoms with E-state index in [1.54, 1.807) is 0 Å². The van der Waals surface area contributed by atoms with Crippen LogP contribution in [0.4, 0.5) is 15.0 Å². The summed E-state index contributed by atoms with van der Waals surface area (Å²) >= 11 is 11.3. The number of ether oxygens (including phenoxy) is 1. The highest BCUT2D eigenvalue weighted by atomic mass is 79.9. The molecular weight excluding hydrogens is 531 g/mol. The van der Waals surface area contributed by atoms with Gasteiger partial charge in [-0.1, -0.05) is 23.4 Å². The number of piperazine rings is 1. The number of aryl methyl sites for hydroxylation is 1. The largest absolute Gasteiger partial charge is 0.444 e. The normalized spacial score (nSPS) is 24.5. The molecule has 2 bridgehead atoms. The Morgan fingerprint density at radius 1 is 1.24 bits per heavy atom. The maximum absolute atomic E-state index is 15.3. The molecule has 5 rings (SSSR count). The Kier molecular flexibility index (Phi) is 5.97. The average Bonchev–Trinajstić information content (AvgIpc) is 3.08. The Labute approximate surface area is 210 Å². The Balaban J connectivity index is 1.65. The van der Waals surface area contributed by atoms with Gasteiger partial charge in [0.15, 0.2) is 11.0 Å². The van der Waals surface area contributed by atoms with Gasteiger partial charge in [0, 0.05) is 6.54 Å². The SMILES string of the molecule is CSc1nc2c3c(c(Cl)c(Br)c(F)c3n1)CCC[C@@H]1[C@@H]3CC[C@H](CN21)N3C(=O)OC(C)(C)C. The summed E-state index contributed by atoms with van der Waals surface area (Å²) in [5, 5.41) is 1.63. The second-order valence-electron chi connectivity index (χ2n) is 9.98. The number of carbonyl (C=O) groups is 1. The smallest absolute Gasteiger partial charge is 0.410 e. The minimum atomic E-state index is -0.540. The molecule has 0 radical (unpaired) electrons. The molecule has 1 aromatic carbocycles. The number of aromatic nitrogens is 2. The van der Waals surface area contributed by atoms with Crippen molar-refractivity contribution >= 4 is 62.1 Å². The fraction of sp³-hybridized carbons (Fsp3) is 0.609. The van der Waals surface area contributed by atoms with Crippen molar-refractivity contribution in [1.82, 2.24) is 14.9 Å². The molecule has 3 aliphatic heterocycles. The lowest BCUT2D eigenvalue weighted by Crippen LogP contribution is -2.62. The van der Waals surface area contributed by atoms with Crippen LogP contribution in [0.3, 0.4) is 0 Å². The molecule has 10 heteroatoms. The van der Waals surface area contributed by atoms with Crippen LogP contribution in [0.2, 0.25) is 5.02 Å². The molecule has 3 aliphatic rings. The van der Waals surface area contributed by atoms with Crippen LogP contribution in [0.25, 0.3) is 10.9 Å². The van der Waals surface area contributed by atoms with Gasteiger partial charge in [-0.05, 0) is 80.6 Å². The zero-order valence-corrected chi connectivity index (χ0v) is 22.3. The molecule has 0 N–H and O–H groups in total. The molecule has 6 nitrogen and oxygen atoms in total. The number of thioether (sulfide) groups is 1. The fourth-order valence-electron chi connectivity index (χ4n) is 5.56. The number of amides is 1. The van der Waals surface area contributed by atoms with E-state index in [0.29, 0.717) is 34.0 Å². The highest BCUT2D eigenvalue weighted by Crippen LogP contribution is 2.46. The molecule has 0 saturated carbocycles. The summed E-state index contributed by atoms with van der Waals surface area (Å²) in [6, 6.07) is 0.156. The topological polar surface area (TPSA) is 58.6 Å². The number of halogens is 3. The van der Waals surface area contributed by atoms with E-state index in [4.69, 9.17) is 21.3 Å². The molecule has 1 amide bonds. The molecule has 4 heterocycles. The zero-order chi connectivity index (χ0) is 23.7. The number of hydrogen-bond donors (Lipinski definition) is 0. The third-order valence-electron chi connectivity index (χ3n) is 6.81. The number of rotatable bonds is 1. The van der Waals surface area contributed by atoms with E-state index in [2.05, 4.69) is 25.8 Å². The van der Waals surface area contributed by atoms with Crippen LogP contribution in [0, 0.1) is 5.82 Å². The highest BCUT2D eigenvalue weighted by Gasteiger charge is 2.50. The summed E-state index contributed by atoms with van der Waals surface area (Å²) in [6.45, 7) is 6.32. The van der Waals surface area contributed by atoms with Crippen molar-refractivity contribution in [3.8, 4) is 0 Å². The Hall–Kier alpha value is -1.32. The van der Waals surface area contributed by atoms with Crippen LogP contribution < -0.4 is 4.90 Å². The van der Waals surface area contributed by atoms with Gasteiger partial charge >= 0.3 is 6.09 Å². The average molecular weight is 558 g/mol. The van der Waals surface area contributed by atoms with Crippen LogP contribution in [-0.4, -0.2) is 57.5 Å². The van der Waals surface area contributed by atoms with Crippen molar-refractivity contribution in [3.05, 3.63) is 20.9 Å². The van der Waals surface area contributed by atoms with E-state index in [0.717, 1.165) is 37.1 Å². The molecule has 1 aromatic heterocycles. The number of carbonyl (C=O) groups excluding carboxylic acids is 1. The predicted octanol–water partition coefficient (Wildman–Crippen LogP) is 6.20. The summed E-state index contributed by atoms with van der Waals surface area (Å²) in [5.41, 5.74) is 0.655. The van der Waals surface area contributed by atoms with Crippen molar-refractivity contribution in [2.24, 2.45) is 0 Å². The van der Waals surface area contributed by atoms with Crippen LogP contribution in [0.15, 0.2) is 9.63 Å². The van der Waals surface area contributed by atoms with Gasteiger partial charge in [-0.25, -0.2) is 19.2 Å². The lowest BCUT2D eigenvalue weighted by Gasteiger charge is -2.48. The first-order chi connectivity index (χ1) is 15.6. The summed E-state index contributed by atoms with van der Waals surface area (Å²) in [4.78, 5) is 26.7. The van der Waals surface area contributed by atoms with E-state index >= 15 is 4.39 Å². The van der Waals surface area contributed by atoms with Gasteiger partial charge in [0.2, 0.25) is 0 Å². The third-order valence-corrected chi connectivity index (χ3v) is 8.75. The van der Waals surface area contributed by atoms with Crippen molar-refractivity contribution in [3.63, 3.8) is 0 Å². The van der Waals surface area contributed by atoms with Crippen molar-refractivity contribution in [2.45, 2.75) is 81.8 Å². The van der Waals surface area contributed by atoms with Crippen LogP contribution in [-0.2, 0) is 11.2 Å². The van der Waals surface area contributed by atoms with Crippen molar-refractivity contribution < 1.29 is 13.9 Å². The second kappa shape index (κ2) is 8.41. The molecule has 2 aromatic rings. The molecular formula is C23H27BrClFN4O2S. The van der Waals surface area contributed by atoms with Gasteiger partial charge < -0.3 is 9.64 Å². The van der Waals surface area contributed by atoms with Gasteiger partial charge in [-0.3, -0.25) is 4.90 Å². The maximum atomic E-state index is 15.3. The molecule has 3 atom stereocenters. The van der Waals surface area contributed by atoms with Gasteiger partial charge in [-0.15, -0.1) is 0 Å². The summed E-state index contributed by atoms with van der Waals surface area (Å²) in [7, 11) is 0. The molecule has 0 aliphatic carbocycles. The van der Waals surface area contributed by atoms with Crippen LogP contribution in [0.1, 0.15) is 52.0 Å². The van der Waals surface area contributed by atoms with Crippen molar-refractivity contribution in [2.75, 3.05) is 17.7 Å². The Morgan fingerprint density at radius 3 is 2.70 bits per heavy atom. The zero-order valence-electron chi connectivity index (χ0n) is 19.1. The second-order valence-corrected chi connectivity index (χ2v) is 11.9. The third kappa shape index (κ3) is 3.88. The number of anilines is 1. The number of hydrogen-bond acceptors (Lipinski definition) is 6. The van der Waals surface area contributed by atoms with Crippen LogP contribution >= 0.6 is 39.3 Å². The monoisotopic (exact) mass is 556 g/mol. The van der Waals surface area contributed by atoms with E-state index < -0.39 is 11.4 Å². The quantitative estimate of drug-likeness (QED) is 0.236. The van der Waals surface area contributed by atoms with Gasteiger partial charge in [-0.2, -0.15) is 0 Å². The van der Waals surface area contributed by atoms with Crippen LogP contribution in [0.5, 0.6) is 0 Å². The molecule has 33 heavy (non-hydrogen) atoms. The lowest BCUT2D eigenvalue weighted by molar-refractivity contribution is 0.00702. The standard InChI is InChI=1S/C23H27BrClFN4O2S/c1-23(2,3)32-22(31)30-11-8-9-14(30)13-7-5-6-12-15-19(18(26)16(24)17(12)25)27-21(33-4)28-20(15)29(13)10-11/h11,13-14H,5-10H2,1-4H3/t11-,13-,14+/m1/s1. The first kappa shape index (κ1) is 23.4. The Morgan fingerprint density at radius 2 is 2.00 bits per heavy atom. The summed E-state index contributed by atoms with van der Waals surface area (Å²) < 4.78 is 21.3.